The third-order valence-corrected chi connectivity index (χ3v) is 5.58. The number of aliphatic hydroxyl groups is 1. The first-order chi connectivity index (χ1) is 13.0. The fourth-order valence-electron chi connectivity index (χ4n) is 4.01. The summed E-state index contributed by atoms with van der Waals surface area (Å²) in [5, 5.41) is 12.4. The van der Waals surface area contributed by atoms with Gasteiger partial charge < -0.3 is 9.84 Å². The van der Waals surface area contributed by atoms with Crippen molar-refractivity contribution in [1.82, 2.24) is 4.90 Å². The largest absolute Gasteiger partial charge is 0.387 e. The van der Waals surface area contributed by atoms with Gasteiger partial charge in [0.15, 0.2) is 0 Å². The van der Waals surface area contributed by atoms with E-state index in [2.05, 4.69) is 43.0 Å². The Balaban J connectivity index is 1.76. The molecule has 0 radical (unpaired) electrons. The van der Waals surface area contributed by atoms with Gasteiger partial charge in [0.1, 0.15) is 0 Å². The van der Waals surface area contributed by atoms with E-state index in [0.29, 0.717) is 30.4 Å². The molecule has 3 nitrogen and oxygen atoms in total. The molecule has 1 N–H and O–H groups in total. The molecule has 2 aromatic rings. The first-order valence-electron chi connectivity index (χ1n) is 9.80. The Morgan fingerprint density at radius 1 is 1.15 bits per heavy atom. The molecule has 0 saturated carbocycles. The van der Waals surface area contributed by atoms with Gasteiger partial charge >= 0.3 is 0 Å². The molecule has 1 saturated heterocycles. The van der Waals surface area contributed by atoms with Crippen molar-refractivity contribution in [3.63, 3.8) is 0 Å². The van der Waals surface area contributed by atoms with Crippen molar-refractivity contribution in [2.24, 2.45) is 5.92 Å². The summed E-state index contributed by atoms with van der Waals surface area (Å²) < 4.78 is 6.09. The minimum absolute atomic E-state index is 0.228. The molecule has 0 amide bonds. The summed E-state index contributed by atoms with van der Waals surface area (Å²) in [7, 11) is 0. The lowest BCUT2D eigenvalue weighted by Crippen LogP contribution is -2.56. The van der Waals surface area contributed by atoms with Crippen LogP contribution in [0.25, 0.3) is 0 Å². The van der Waals surface area contributed by atoms with Crippen molar-refractivity contribution in [2.45, 2.75) is 44.9 Å². The lowest BCUT2D eigenvalue weighted by molar-refractivity contribution is -0.151. The van der Waals surface area contributed by atoms with Gasteiger partial charge in [-0.05, 0) is 29.5 Å². The number of halogens is 1. The van der Waals surface area contributed by atoms with E-state index in [1.54, 1.807) is 0 Å². The minimum atomic E-state index is -0.936. The molecule has 1 fully saturated rings. The lowest BCUT2D eigenvalue weighted by atomic mass is 9.81. The Labute approximate surface area is 167 Å². The Hall–Kier alpha value is -1.39. The van der Waals surface area contributed by atoms with Crippen LogP contribution in [-0.4, -0.2) is 41.4 Å². The molecule has 1 heterocycles. The van der Waals surface area contributed by atoms with Crippen LogP contribution in [0.4, 0.5) is 0 Å². The number of rotatable bonds is 7. The maximum absolute atomic E-state index is 11.7. The molecule has 0 bridgehead atoms. The fraction of sp³-hybridized carbons (Fsp3) is 0.478. The van der Waals surface area contributed by atoms with Crippen molar-refractivity contribution in [3.05, 3.63) is 70.7 Å². The fourth-order valence-corrected chi connectivity index (χ4v) is 4.21. The van der Waals surface area contributed by atoms with Gasteiger partial charge in [0, 0.05) is 31.1 Å². The number of hydrogen-bond acceptors (Lipinski definition) is 3. The first-order valence-corrected chi connectivity index (χ1v) is 10.2. The highest BCUT2D eigenvalue weighted by Crippen LogP contribution is 2.32. The molecule has 27 heavy (non-hydrogen) atoms. The van der Waals surface area contributed by atoms with Crippen molar-refractivity contribution < 1.29 is 9.84 Å². The molecular weight excluding hydrogens is 358 g/mol. The topological polar surface area (TPSA) is 32.7 Å². The molecule has 4 heteroatoms. The van der Waals surface area contributed by atoms with E-state index < -0.39 is 5.60 Å². The van der Waals surface area contributed by atoms with Gasteiger partial charge in [-0.15, -0.1) is 0 Å². The van der Waals surface area contributed by atoms with Crippen LogP contribution in [0.1, 0.15) is 31.4 Å². The SMILES string of the molecule is CC(C)CC(O)(Cc1ccccc1Cl)C1CN(Cc2ccccc2)CCO1. The molecule has 0 spiro atoms. The highest BCUT2D eigenvalue weighted by Gasteiger charge is 2.41. The second kappa shape index (κ2) is 9.20. The average molecular weight is 388 g/mol. The molecule has 3 rings (SSSR count). The van der Waals surface area contributed by atoms with Gasteiger partial charge in [0.2, 0.25) is 0 Å². The minimum Gasteiger partial charge on any atom is -0.387 e. The monoisotopic (exact) mass is 387 g/mol. The molecule has 0 aliphatic carbocycles. The van der Waals surface area contributed by atoms with E-state index in [1.807, 2.05) is 30.3 Å². The standard InChI is InChI=1S/C23H30ClNO2/c1-18(2)14-23(26,15-20-10-6-7-11-21(20)24)22-17-25(12-13-27-22)16-19-8-4-3-5-9-19/h3-11,18,22,26H,12-17H2,1-2H3. The van der Waals surface area contributed by atoms with E-state index >= 15 is 0 Å². The summed E-state index contributed by atoms with van der Waals surface area (Å²) in [5.41, 5.74) is 1.33. The third-order valence-electron chi connectivity index (χ3n) is 5.22. The summed E-state index contributed by atoms with van der Waals surface area (Å²) in [4.78, 5) is 2.38. The van der Waals surface area contributed by atoms with Gasteiger partial charge in [-0.25, -0.2) is 0 Å². The summed E-state index contributed by atoms with van der Waals surface area (Å²) in [6.45, 7) is 7.41. The van der Waals surface area contributed by atoms with Crippen molar-refractivity contribution in [3.8, 4) is 0 Å². The van der Waals surface area contributed by atoms with Crippen LogP contribution in [-0.2, 0) is 17.7 Å². The van der Waals surface area contributed by atoms with Gasteiger partial charge in [-0.2, -0.15) is 0 Å². The maximum Gasteiger partial charge on any atom is 0.0992 e. The second-order valence-electron chi connectivity index (χ2n) is 8.05. The normalized spacial score (nSPS) is 20.6. The van der Waals surface area contributed by atoms with E-state index in [-0.39, 0.29) is 6.10 Å². The van der Waals surface area contributed by atoms with Crippen LogP contribution in [0.15, 0.2) is 54.6 Å². The van der Waals surface area contributed by atoms with Crippen LogP contribution in [0.5, 0.6) is 0 Å². The number of morpholine rings is 1. The molecule has 146 valence electrons. The number of benzene rings is 2. The van der Waals surface area contributed by atoms with E-state index in [1.165, 1.54) is 5.56 Å². The quantitative estimate of drug-likeness (QED) is 0.755. The molecule has 2 atom stereocenters. The summed E-state index contributed by atoms with van der Waals surface area (Å²) in [5.74, 6) is 0.366. The Morgan fingerprint density at radius 3 is 2.56 bits per heavy atom. The van der Waals surface area contributed by atoms with Crippen LogP contribution in [0, 0.1) is 5.92 Å². The Morgan fingerprint density at radius 2 is 1.85 bits per heavy atom. The average Bonchev–Trinajstić information content (AvgIpc) is 2.64. The second-order valence-corrected chi connectivity index (χ2v) is 8.46. The zero-order valence-electron chi connectivity index (χ0n) is 16.3. The lowest BCUT2D eigenvalue weighted by Gasteiger charge is -2.43. The molecule has 1 aliphatic heterocycles. The van der Waals surface area contributed by atoms with Crippen LogP contribution in [0.3, 0.4) is 0 Å². The number of ether oxygens (including phenoxy) is 1. The van der Waals surface area contributed by atoms with Crippen LogP contribution in [0.2, 0.25) is 5.02 Å². The molecule has 1 aliphatic rings. The summed E-state index contributed by atoms with van der Waals surface area (Å²) in [6.07, 6.45) is 0.963. The smallest absolute Gasteiger partial charge is 0.0992 e. The van der Waals surface area contributed by atoms with Gasteiger partial charge in [0.05, 0.1) is 18.3 Å². The van der Waals surface area contributed by atoms with E-state index in [0.717, 1.165) is 25.2 Å². The summed E-state index contributed by atoms with van der Waals surface area (Å²) in [6, 6.07) is 18.2. The predicted octanol–water partition coefficient (Wildman–Crippen LogP) is 4.56. The van der Waals surface area contributed by atoms with Crippen LogP contribution < -0.4 is 0 Å². The molecule has 2 aromatic carbocycles. The summed E-state index contributed by atoms with van der Waals surface area (Å²) >= 11 is 6.38. The van der Waals surface area contributed by atoms with Crippen molar-refractivity contribution >= 4 is 11.6 Å². The zero-order valence-corrected chi connectivity index (χ0v) is 17.0. The maximum atomic E-state index is 11.7. The molecule has 0 aromatic heterocycles. The van der Waals surface area contributed by atoms with Gasteiger partial charge in [-0.3, -0.25) is 4.90 Å². The number of hydrogen-bond donors (Lipinski definition) is 1. The van der Waals surface area contributed by atoms with Crippen LogP contribution >= 0.6 is 11.6 Å². The highest BCUT2D eigenvalue weighted by molar-refractivity contribution is 6.31. The van der Waals surface area contributed by atoms with E-state index in [4.69, 9.17) is 16.3 Å². The number of nitrogens with zero attached hydrogens (tertiary/aromatic N) is 1. The van der Waals surface area contributed by atoms with E-state index in [9.17, 15) is 5.11 Å². The molecular formula is C23H30ClNO2. The predicted molar refractivity (Wildman–Crippen MR) is 111 cm³/mol. The first kappa shape index (κ1) is 20.3. The van der Waals surface area contributed by atoms with Crippen molar-refractivity contribution in [1.29, 1.82) is 0 Å². The zero-order chi connectivity index (χ0) is 19.3. The Bertz CT molecular complexity index is 721. The van der Waals surface area contributed by atoms with Gasteiger partial charge in [-0.1, -0.05) is 74.0 Å². The Kier molecular flexibility index (Phi) is 6.93. The third kappa shape index (κ3) is 5.55. The highest BCUT2D eigenvalue weighted by atomic mass is 35.5. The molecule has 2 unspecified atom stereocenters. The van der Waals surface area contributed by atoms with Crippen molar-refractivity contribution in [2.75, 3.05) is 19.7 Å². The van der Waals surface area contributed by atoms with Gasteiger partial charge in [0.25, 0.3) is 0 Å².